The second kappa shape index (κ2) is 6.72. The standard InChI is InChI=1S/C15H18N2O3S3/c1-12-5-6-13(22-12)15(18)16-7-3-8-17(10-9-16)23(19,20)14-4-2-11-21-14/h2,4-6,11H,3,7-10H2,1H3. The number of hydrogen-bond donors (Lipinski definition) is 0. The van der Waals surface area contributed by atoms with Gasteiger partial charge >= 0.3 is 0 Å². The Morgan fingerprint density at radius 2 is 1.96 bits per heavy atom. The molecule has 0 saturated carbocycles. The van der Waals surface area contributed by atoms with Crippen molar-refractivity contribution >= 4 is 38.6 Å². The molecule has 0 atom stereocenters. The Kier molecular flexibility index (Phi) is 4.86. The number of rotatable bonds is 3. The van der Waals surface area contributed by atoms with Gasteiger partial charge in [-0.2, -0.15) is 4.31 Å². The van der Waals surface area contributed by atoms with Crippen molar-refractivity contribution in [2.75, 3.05) is 26.2 Å². The number of amides is 1. The fourth-order valence-corrected chi connectivity index (χ4v) is 6.03. The molecular weight excluding hydrogens is 352 g/mol. The maximum absolute atomic E-state index is 12.6. The first kappa shape index (κ1) is 16.6. The van der Waals surface area contributed by atoms with Crippen LogP contribution in [-0.4, -0.2) is 49.7 Å². The molecule has 8 heteroatoms. The van der Waals surface area contributed by atoms with Crippen molar-refractivity contribution in [3.63, 3.8) is 0 Å². The first-order valence-corrected chi connectivity index (χ1v) is 10.5. The topological polar surface area (TPSA) is 57.7 Å². The van der Waals surface area contributed by atoms with E-state index in [2.05, 4.69) is 0 Å². The Bertz CT molecular complexity index is 781. The predicted octanol–water partition coefficient (Wildman–Crippen LogP) is 2.65. The predicted molar refractivity (Wildman–Crippen MR) is 92.7 cm³/mol. The summed E-state index contributed by atoms with van der Waals surface area (Å²) in [5, 5.41) is 1.76. The summed E-state index contributed by atoms with van der Waals surface area (Å²) in [6.45, 7) is 3.79. The van der Waals surface area contributed by atoms with Crippen LogP contribution in [0.1, 0.15) is 21.0 Å². The van der Waals surface area contributed by atoms with Gasteiger partial charge in [-0.15, -0.1) is 22.7 Å². The molecule has 0 aromatic carbocycles. The van der Waals surface area contributed by atoms with Gasteiger partial charge in [-0.05, 0) is 36.9 Å². The van der Waals surface area contributed by atoms with Crippen molar-refractivity contribution in [3.05, 3.63) is 39.4 Å². The zero-order valence-electron chi connectivity index (χ0n) is 12.8. The molecule has 1 amide bonds. The van der Waals surface area contributed by atoms with Gasteiger partial charge in [0.15, 0.2) is 0 Å². The lowest BCUT2D eigenvalue weighted by atomic mass is 10.3. The van der Waals surface area contributed by atoms with Crippen LogP contribution >= 0.6 is 22.7 Å². The van der Waals surface area contributed by atoms with Crippen LogP contribution in [0.3, 0.4) is 0 Å². The van der Waals surface area contributed by atoms with E-state index in [4.69, 9.17) is 0 Å². The number of thiophene rings is 2. The highest BCUT2D eigenvalue weighted by Crippen LogP contribution is 2.23. The van der Waals surface area contributed by atoms with Crippen LogP contribution in [0, 0.1) is 6.92 Å². The van der Waals surface area contributed by atoms with Crippen molar-refractivity contribution in [1.29, 1.82) is 0 Å². The highest BCUT2D eigenvalue weighted by Gasteiger charge is 2.29. The fourth-order valence-electron chi connectivity index (χ4n) is 2.58. The minimum atomic E-state index is -3.44. The molecule has 1 aliphatic heterocycles. The molecule has 1 aliphatic rings. The molecule has 0 radical (unpaired) electrons. The van der Waals surface area contributed by atoms with Gasteiger partial charge in [-0.3, -0.25) is 4.79 Å². The Hall–Kier alpha value is -1.22. The smallest absolute Gasteiger partial charge is 0.263 e. The van der Waals surface area contributed by atoms with Crippen LogP contribution in [0.25, 0.3) is 0 Å². The summed E-state index contributed by atoms with van der Waals surface area (Å²) in [4.78, 5) is 16.1. The normalized spacial score (nSPS) is 17.2. The molecule has 0 bridgehead atoms. The largest absolute Gasteiger partial charge is 0.337 e. The summed E-state index contributed by atoms with van der Waals surface area (Å²) in [6, 6.07) is 7.14. The summed E-state index contributed by atoms with van der Waals surface area (Å²) in [5.74, 6) is -0.00142. The molecule has 0 spiro atoms. The molecule has 3 rings (SSSR count). The van der Waals surface area contributed by atoms with Gasteiger partial charge in [0, 0.05) is 31.1 Å². The quantitative estimate of drug-likeness (QED) is 0.835. The van der Waals surface area contributed by atoms with Crippen molar-refractivity contribution in [2.45, 2.75) is 17.6 Å². The first-order chi connectivity index (χ1) is 11.0. The number of nitrogens with zero attached hydrogens (tertiary/aromatic N) is 2. The lowest BCUT2D eigenvalue weighted by Crippen LogP contribution is -2.36. The van der Waals surface area contributed by atoms with E-state index in [-0.39, 0.29) is 5.91 Å². The van der Waals surface area contributed by atoms with Gasteiger partial charge in [-0.1, -0.05) is 6.07 Å². The number of aryl methyl sites for hydroxylation is 1. The number of carbonyl (C=O) groups is 1. The molecule has 5 nitrogen and oxygen atoms in total. The Morgan fingerprint density at radius 1 is 1.13 bits per heavy atom. The van der Waals surface area contributed by atoms with Crippen molar-refractivity contribution < 1.29 is 13.2 Å². The molecule has 124 valence electrons. The second-order valence-corrected chi connectivity index (χ2v) is 9.79. The highest BCUT2D eigenvalue weighted by atomic mass is 32.2. The SMILES string of the molecule is Cc1ccc(C(=O)N2CCCN(S(=O)(=O)c3cccs3)CC2)s1. The van der Waals surface area contributed by atoms with Crippen LogP contribution in [0.4, 0.5) is 0 Å². The highest BCUT2D eigenvalue weighted by molar-refractivity contribution is 7.91. The van der Waals surface area contributed by atoms with E-state index in [1.165, 1.54) is 27.0 Å². The van der Waals surface area contributed by atoms with Crippen LogP contribution in [-0.2, 0) is 10.0 Å². The lowest BCUT2D eigenvalue weighted by molar-refractivity contribution is 0.0769. The zero-order valence-corrected chi connectivity index (χ0v) is 15.2. The van der Waals surface area contributed by atoms with E-state index >= 15 is 0 Å². The first-order valence-electron chi connectivity index (χ1n) is 7.38. The van der Waals surface area contributed by atoms with E-state index < -0.39 is 10.0 Å². The summed E-state index contributed by atoms with van der Waals surface area (Å²) in [5.41, 5.74) is 0. The van der Waals surface area contributed by atoms with Crippen molar-refractivity contribution in [3.8, 4) is 0 Å². The van der Waals surface area contributed by atoms with Gasteiger partial charge < -0.3 is 4.90 Å². The molecule has 1 fully saturated rings. The van der Waals surface area contributed by atoms with Gasteiger partial charge in [0.25, 0.3) is 15.9 Å². The molecule has 3 heterocycles. The summed E-state index contributed by atoms with van der Waals surface area (Å²) >= 11 is 2.71. The maximum atomic E-state index is 12.6. The Labute approximate surface area is 144 Å². The van der Waals surface area contributed by atoms with E-state index in [0.717, 1.165) is 9.75 Å². The Morgan fingerprint density at radius 3 is 2.61 bits per heavy atom. The molecule has 23 heavy (non-hydrogen) atoms. The summed E-state index contributed by atoms with van der Waals surface area (Å²) < 4.78 is 27.0. The maximum Gasteiger partial charge on any atom is 0.263 e. The third-order valence-corrected chi connectivity index (χ3v) is 8.04. The molecule has 0 unspecified atom stereocenters. The Balaban J connectivity index is 1.71. The van der Waals surface area contributed by atoms with Gasteiger partial charge in [0.1, 0.15) is 4.21 Å². The molecule has 2 aromatic rings. The van der Waals surface area contributed by atoms with Crippen molar-refractivity contribution in [1.82, 2.24) is 9.21 Å². The van der Waals surface area contributed by atoms with E-state index in [1.54, 1.807) is 22.4 Å². The molecule has 2 aromatic heterocycles. The van der Waals surface area contributed by atoms with Crippen molar-refractivity contribution in [2.24, 2.45) is 0 Å². The monoisotopic (exact) mass is 370 g/mol. The minimum Gasteiger partial charge on any atom is -0.337 e. The molecule has 0 aliphatic carbocycles. The summed E-state index contributed by atoms with van der Waals surface area (Å²) in [7, 11) is -3.44. The third kappa shape index (κ3) is 3.50. The fraction of sp³-hybridized carbons (Fsp3) is 0.400. The summed E-state index contributed by atoms with van der Waals surface area (Å²) in [6.07, 6.45) is 0.653. The van der Waals surface area contributed by atoms with E-state index in [0.29, 0.717) is 36.8 Å². The van der Waals surface area contributed by atoms with Crippen LogP contribution in [0.2, 0.25) is 0 Å². The van der Waals surface area contributed by atoms with E-state index in [1.807, 2.05) is 19.1 Å². The van der Waals surface area contributed by atoms with E-state index in [9.17, 15) is 13.2 Å². The van der Waals surface area contributed by atoms with Gasteiger partial charge in [0.05, 0.1) is 4.88 Å². The minimum absolute atomic E-state index is 0.00142. The molecule has 0 N–H and O–H groups in total. The molecule has 1 saturated heterocycles. The lowest BCUT2D eigenvalue weighted by Gasteiger charge is -2.21. The second-order valence-electron chi connectivity index (χ2n) is 5.39. The molecular formula is C15H18N2O3S3. The zero-order chi connectivity index (χ0) is 16.4. The number of hydrogen-bond acceptors (Lipinski definition) is 5. The number of sulfonamides is 1. The van der Waals surface area contributed by atoms with Crippen LogP contribution < -0.4 is 0 Å². The van der Waals surface area contributed by atoms with Gasteiger partial charge in [0.2, 0.25) is 0 Å². The number of carbonyl (C=O) groups excluding carboxylic acids is 1. The third-order valence-electron chi connectivity index (χ3n) is 3.78. The van der Waals surface area contributed by atoms with Crippen LogP contribution in [0.5, 0.6) is 0 Å². The van der Waals surface area contributed by atoms with Crippen LogP contribution in [0.15, 0.2) is 33.9 Å². The average molecular weight is 371 g/mol. The van der Waals surface area contributed by atoms with Gasteiger partial charge in [-0.25, -0.2) is 8.42 Å². The average Bonchev–Trinajstić information content (AvgIpc) is 3.13.